The van der Waals surface area contributed by atoms with Crippen LogP contribution in [0.1, 0.15) is 28.7 Å². The maximum Gasteiger partial charge on any atom is 0.213 e. The first-order valence-corrected chi connectivity index (χ1v) is 6.61. The first-order chi connectivity index (χ1) is 9.70. The van der Waals surface area contributed by atoms with E-state index in [1.165, 1.54) is 0 Å². The van der Waals surface area contributed by atoms with Crippen LogP contribution in [-0.4, -0.2) is 20.5 Å². The number of pyridine rings is 1. The molecule has 0 aliphatic carbocycles. The van der Waals surface area contributed by atoms with E-state index in [0.29, 0.717) is 11.3 Å². The summed E-state index contributed by atoms with van der Waals surface area (Å²) in [5.74, 6) is -0.0380. The number of nitrogens with zero attached hydrogens (tertiary/aromatic N) is 3. The summed E-state index contributed by atoms with van der Waals surface area (Å²) in [4.78, 5) is 16.9. The third-order valence-corrected chi connectivity index (χ3v) is 3.44. The van der Waals surface area contributed by atoms with E-state index in [9.17, 15) is 4.79 Å². The number of hydrogen-bond acceptors (Lipinski definition) is 3. The summed E-state index contributed by atoms with van der Waals surface area (Å²) in [6.07, 6.45) is 4.21. The smallest absolute Gasteiger partial charge is 0.213 e. The summed E-state index contributed by atoms with van der Waals surface area (Å²) in [7, 11) is 1.80. The number of aryl methyl sites for hydroxylation is 2. The summed E-state index contributed by atoms with van der Waals surface area (Å²) < 4.78 is 1.64. The second kappa shape index (κ2) is 4.89. The SMILES string of the molecule is CCc1cc(C(=O)c2cncc3ccccc23)n(C)n1. The van der Waals surface area contributed by atoms with Gasteiger partial charge in [0.1, 0.15) is 5.69 Å². The third kappa shape index (κ3) is 1.99. The van der Waals surface area contributed by atoms with Gasteiger partial charge in [0.2, 0.25) is 5.78 Å². The van der Waals surface area contributed by atoms with Gasteiger partial charge < -0.3 is 0 Å². The quantitative estimate of drug-likeness (QED) is 0.684. The van der Waals surface area contributed by atoms with Crippen LogP contribution in [0.5, 0.6) is 0 Å². The van der Waals surface area contributed by atoms with E-state index in [4.69, 9.17) is 0 Å². The molecule has 0 aliphatic heterocycles. The lowest BCUT2D eigenvalue weighted by Crippen LogP contribution is -2.09. The molecule has 4 nitrogen and oxygen atoms in total. The van der Waals surface area contributed by atoms with Crippen molar-refractivity contribution in [2.75, 3.05) is 0 Å². The average Bonchev–Trinajstić information content (AvgIpc) is 2.87. The molecule has 0 radical (unpaired) electrons. The second-order valence-corrected chi connectivity index (χ2v) is 4.74. The molecule has 0 saturated carbocycles. The average molecular weight is 265 g/mol. The van der Waals surface area contributed by atoms with Gasteiger partial charge in [-0.05, 0) is 17.9 Å². The molecule has 0 aliphatic rings. The highest BCUT2D eigenvalue weighted by molar-refractivity contribution is 6.15. The van der Waals surface area contributed by atoms with Crippen LogP contribution in [0.15, 0.2) is 42.7 Å². The zero-order valence-electron chi connectivity index (χ0n) is 11.5. The molecule has 0 bridgehead atoms. The normalized spacial score (nSPS) is 10.9. The van der Waals surface area contributed by atoms with Crippen molar-refractivity contribution in [1.82, 2.24) is 14.8 Å². The first kappa shape index (κ1) is 12.5. The van der Waals surface area contributed by atoms with Crippen LogP contribution in [0.4, 0.5) is 0 Å². The number of benzene rings is 1. The number of fused-ring (bicyclic) bond motifs is 1. The highest BCUT2D eigenvalue weighted by Crippen LogP contribution is 2.20. The standard InChI is InChI=1S/C16H15N3O/c1-3-12-8-15(19(2)18-12)16(20)14-10-17-9-11-6-4-5-7-13(11)14/h4-10H,3H2,1-2H3. The van der Waals surface area contributed by atoms with E-state index in [1.54, 1.807) is 24.1 Å². The summed E-state index contributed by atoms with van der Waals surface area (Å²) >= 11 is 0. The molecule has 0 amide bonds. The van der Waals surface area contributed by atoms with Crippen molar-refractivity contribution in [3.05, 3.63) is 59.7 Å². The Hall–Kier alpha value is -2.49. The molecule has 0 atom stereocenters. The summed E-state index contributed by atoms with van der Waals surface area (Å²) in [5.41, 5.74) is 2.14. The van der Waals surface area contributed by atoms with Crippen molar-refractivity contribution >= 4 is 16.6 Å². The van der Waals surface area contributed by atoms with Crippen molar-refractivity contribution in [2.24, 2.45) is 7.05 Å². The molecule has 0 fully saturated rings. The van der Waals surface area contributed by atoms with Gasteiger partial charge in [0.05, 0.1) is 11.3 Å². The van der Waals surface area contributed by atoms with E-state index in [0.717, 1.165) is 22.9 Å². The predicted octanol–water partition coefficient (Wildman–Crippen LogP) is 2.76. The molecular weight excluding hydrogens is 250 g/mol. The lowest BCUT2D eigenvalue weighted by molar-refractivity contribution is 0.103. The van der Waals surface area contributed by atoms with Gasteiger partial charge in [-0.3, -0.25) is 14.5 Å². The molecule has 2 heterocycles. The Bertz CT molecular complexity index is 784. The molecule has 0 spiro atoms. The van der Waals surface area contributed by atoms with Crippen molar-refractivity contribution in [3.63, 3.8) is 0 Å². The Kier molecular flexibility index (Phi) is 3.06. The maximum absolute atomic E-state index is 12.7. The van der Waals surface area contributed by atoms with Gasteiger partial charge in [0.15, 0.2) is 0 Å². The van der Waals surface area contributed by atoms with Crippen molar-refractivity contribution < 1.29 is 4.79 Å². The van der Waals surface area contributed by atoms with Gasteiger partial charge >= 0.3 is 0 Å². The van der Waals surface area contributed by atoms with Crippen LogP contribution < -0.4 is 0 Å². The highest BCUT2D eigenvalue weighted by atomic mass is 16.1. The molecule has 3 aromatic rings. The van der Waals surface area contributed by atoms with Gasteiger partial charge in [-0.1, -0.05) is 31.2 Å². The molecule has 4 heteroatoms. The lowest BCUT2D eigenvalue weighted by Gasteiger charge is -2.05. The van der Waals surface area contributed by atoms with Crippen molar-refractivity contribution in [3.8, 4) is 0 Å². The van der Waals surface area contributed by atoms with E-state index in [-0.39, 0.29) is 5.78 Å². The second-order valence-electron chi connectivity index (χ2n) is 4.74. The molecule has 1 aromatic carbocycles. The number of hydrogen-bond donors (Lipinski definition) is 0. The molecule has 2 aromatic heterocycles. The number of carbonyl (C=O) groups excluding carboxylic acids is 1. The predicted molar refractivity (Wildman–Crippen MR) is 77.8 cm³/mol. The van der Waals surface area contributed by atoms with Crippen molar-refractivity contribution in [2.45, 2.75) is 13.3 Å². The molecule has 20 heavy (non-hydrogen) atoms. The van der Waals surface area contributed by atoms with Gasteiger partial charge in [0.25, 0.3) is 0 Å². The Labute approximate surface area is 117 Å². The minimum Gasteiger partial charge on any atom is -0.287 e. The Balaban J connectivity index is 2.15. The van der Waals surface area contributed by atoms with Crippen molar-refractivity contribution in [1.29, 1.82) is 0 Å². The number of rotatable bonds is 3. The van der Waals surface area contributed by atoms with Crippen LogP contribution in [0, 0.1) is 0 Å². The van der Waals surface area contributed by atoms with Gasteiger partial charge in [0, 0.05) is 24.8 Å². The summed E-state index contributed by atoms with van der Waals surface area (Å²) in [6, 6.07) is 9.63. The Morgan fingerprint density at radius 2 is 2.05 bits per heavy atom. The maximum atomic E-state index is 12.7. The highest BCUT2D eigenvalue weighted by Gasteiger charge is 2.17. The van der Waals surface area contributed by atoms with Crippen LogP contribution >= 0.6 is 0 Å². The van der Waals surface area contributed by atoms with Gasteiger partial charge in [-0.15, -0.1) is 0 Å². The fourth-order valence-corrected chi connectivity index (χ4v) is 2.35. The largest absolute Gasteiger partial charge is 0.287 e. The van der Waals surface area contributed by atoms with Crippen LogP contribution in [0.25, 0.3) is 10.8 Å². The van der Waals surface area contributed by atoms with Crippen LogP contribution in [-0.2, 0) is 13.5 Å². The zero-order chi connectivity index (χ0) is 14.1. The fraction of sp³-hybridized carbons (Fsp3) is 0.188. The Morgan fingerprint density at radius 1 is 1.25 bits per heavy atom. The molecule has 0 N–H and O–H groups in total. The monoisotopic (exact) mass is 265 g/mol. The van der Waals surface area contributed by atoms with Crippen LogP contribution in [0.2, 0.25) is 0 Å². The first-order valence-electron chi connectivity index (χ1n) is 6.61. The molecule has 0 unspecified atom stereocenters. The molecule has 3 rings (SSSR count). The summed E-state index contributed by atoms with van der Waals surface area (Å²) in [6.45, 7) is 2.02. The number of aromatic nitrogens is 3. The summed E-state index contributed by atoms with van der Waals surface area (Å²) in [5, 5.41) is 6.22. The minimum absolute atomic E-state index is 0.0380. The number of ketones is 1. The zero-order valence-corrected chi connectivity index (χ0v) is 11.5. The van der Waals surface area contributed by atoms with Gasteiger partial charge in [-0.2, -0.15) is 5.10 Å². The fourth-order valence-electron chi connectivity index (χ4n) is 2.35. The van der Waals surface area contributed by atoms with Gasteiger partial charge in [-0.25, -0.2) is 0 Å². The molecule has 100 valence electrons. The molecular formula is C16H15N3O. The van der Waals surface area contributed by atoms with Crippen LogP contribution in [0.3, 0.4) is 0 Å². The number of carbonyl (C=O) groups is 1. The van der Waals surface area contributed by atoms with E-state index in [1.807, 2.05) is 37.3 Å². The lowest BCUT2D eigenvalue weighted by atomic mass is 10.0. The minimum atomic E-state index is -0.0380. The van der Waals surface area contributed by atoms with E-state index < -0.39 is 0 Å². The third-order valence-electron chi connectivity index (χ3n) is 3.44. The van der Waals surface area contributed by atoms with E-state index in [2.05, 4.69) is 10.1 Å². The van der Waals surface area contributed by atoms with E-state index >= 15 is 0 Å². The topological polar surface area (TPSA) is 47.8 Å². The molecule has 0 saturated heterocycles. The Morgan fingerprint density at radius 3 is 2.80 bits per heavy atom.